The SMILES string of the molecule is CCC(Oc1cc(C)cc(C)c1)C(N)=S. The van der Waals surface area contributed by atoms with Crippen molar-refractivity contribution in [2.24, 2.45) is 5.73 Å². The van der Waals surface area contributed by atoms with Gasteiger partial charge in [0.2, 0.25) is 0 Å². The van der Waals surface area contributed by atoms with Crippen LogP contribution in [0.5, 0.6) is 5.75 Å². The van der Waals surface area contributed by atoms with Gasteiger partial charge in [-0.05, 0) is 43.5 Å². The van der Waals surface area contributed by atoms with E-state index in [1.807, 2.05) is 32.9 Å². The van der Waals surface area contributed by atoms with E-state index in [-0.39, 0.29) is 6.10 Å². The summed E-state index contributed by atoms with van der Waals surface area (Å²) < 4.78 is 5.72. The van der Waals surface area contributed by atoms with Crippen LogP contribution in [-0.4, -0.2) is 11.1 Å². The predicted octanol–water partition coefficient (Wildman–Crippen LogP) is 2.75. The molecule has 0 heterocycles. The van der Waals surface area contributed by atoms with Crippen LogP contribution in [0.25, 0.3) is 0 Å². The lowest BCUT2D eigenvalue weighted by atomic mass is 10.1. The van der Waals surface area contributed by atoms with Gasteiger partial charge < -0.3 is 10.5 Å². The second-order valence-corrected chi connectivity index (χ2v) is 4.21. The van der Waals surface area contributed by atoms with Crippen LogP contribution < -0.4 is 10.5 Å². The van der Waals surface area contributed by atoms with Gasteiger partial charge in [0.1, 0.15) is 16.8 Å². The minimum atomic E-state index is -0.166. The fourth-order valence-corrected chi connectivity index (χ4v) is 1.72. The summed E-state index contributed by atoms with van der Waals surface area (Å²) in [7, 11) is 0. The predicted molar refractivity (Wildman–Crippen MR) is 67.4 cm³/mol. The van der Waals surface area contributed by atoms with Crippen molar-refractivity contribution >= 4 is 17.2 Å². The first-order valence-electron chi connectivity index (χ1n) is 5.07. The quantitative estimate of drug-likeness (QED) is 0.797. The van der Waals surface area contributed by atoms with Crippen molar-refractivity contribution in [2.45, 2.75) is 33.3 Å². The van der Waals surface area contributed by atoms with Crippen molar-refractivity contribution in [3.63, 3.8) is 0 Å². The molecule has 0 amide bonds. The Kier molecular flexibility index (Phi) is 4.09. The third kappa shape index (κ3) is 3.51. The Bertz CT molecular complexity index is 342. The number of hydrogen-bond donors (Lipinski definition) is 1. The first-order valence-corrected chi connectivity index (χ1v) is 5.48. The number of ether oxygens (including phenoxy) is 1. The molecule has 0 aliphatic rings. The highest BCUT2D eigenvalue weighted by Gasteiger charge is 2.11. The van der Waals surface area contributed by atoms with Crippen LogP contribution in [0, 0.1) is 13.8 Å². The molecule has 1 aromatic rings. The number of benzene rings is 1. The van der Waals surface area contributed by atoms with Crippen molar-refractivity contribution in [2.75, 3.05) is 0 Å². The smallest absolute Gasteiger partial charge is 0.148 e. The average molecular weight is 223 g/mol. The maximum atomic E-state index is 5.72. The molecule has 2 nitrogen and oxygen atoms in total. The van der Waals surface area contributed by atoms with Crippen LogP contribution in [0.2, 0.25) is 0 Å². The van der Waals surface area contributed by atoms with Crippen LogP contribution in [0.1, 0.15) is 24.5 Å². The van der Waals surface area contributed by atoms with Crippen LogP contribution in [0.3, 0.4) is 0 Å². The van der Waals surface area contributed by atoms with Crippen molar-refractivity contribution in [1.29, 1.82) is 0 Å². The molecule has 0 aliphatic carbocycles. The molecule has 82 valence electrons. The zero-order chi connectivity index (χ0) is 11.4. The fraction of sp³-hybridized carbons (Fsp3) is 0.417. The fourth-order valence-electron chi connectivity index (χ4n) is 1.51. The van der Waals surface area contributed by atoms with E-state index in [1.165, 1.54) is 11.1 Å². The van der Waals surface area contributed by atoms with E-state index >= 15 is 0 Å². The molecule has 0 spiro atoms. The molecule has 15 heavy (non-hydrogen) atoms. The number of hydrogen-bond acceptors (Lipinski definition) is 2. The third-order valence-electron chi connectivity index (χ3n) is 2.16. The summed E-state index contributed by atoms with van der Waals surface area (Å²) in [5.74, 6) is 0.840. The summed E-state index contributed by atoms with van der Waals surface area (Å²) in [5, 5.41) is 0. The largest absolute Gasteiger partial charge is 0.483 e. The van der Waals surface area contributed by atoms with Gasteiger partial charge in [-0.15, -0.1) is 0 Å². The Labute approximate surface area is 96.4 Å². The van der Waals surface area contributed by atoms with Gasteiger partial charge in [-0.1, -0.05) is 25.2 Å². The van der Waals surface area contributed by atoms with Gasteiger partial charge >= 0.3 is 0 Å². The van der Waals surface area contributed by atoms with Gasteiger partial charge in [-0.2, -0.15) is 0 Å². The molecule has 0 fully saturated rings. The Hall–Kier alpha value is -1.09. The van der Waals surface area contributed by atoms with Crippen LogP contribution in [0.15, 0.2) is 18.2 Å². The Morgan fingerprint density at radius 1 is 1.33 bits per heavy atom. The molecular formula is C12H17NOS. The van der Waals surface area contributed by atoms with Gasteiger partial charge in [0.15, 0.2) is 0 Å². The summed E-state index contributed by atoms with van der Waals surface area (Å²) in [5.41, 5.74) is 7.94. The summed E-state index contributed by atoms with van der Waals surface area (Å²) in [4.78, 5) is 0.414. The van der Waals surface area contributed by atoms with Crippen molar-refractivity contribution < 1.29 is 4.74 Å². The van der Waals surface area contributed by atoms with Gasteiger partial charge in [-0.3, -0.25) is 0 Å². The van der Waals surface area contributed by atoms with E-state index in [4.69, 9.17) is 22.7 Å². The Morgan fingerprint density at radius 3 is 2.27 bits per heavy atom. The molecule has 1 unspecified atom stereocenters. The minimum Gasteiger partial charge on any atom is -0.483 e. The second kappa shape index (κ2) is 5.12. The number of thiocarbonyl (C=S) groups is 1. The number of aryl methyl sites for hydroxylation is 2. The zero-order valence-electron chi connectivity index (χ0n) is 9.41. The Morgan fingerprint density at radius 2 is 1.87 bits per heavy atom. The van der Waals surface area contributed by atoms with Crippen molar-refractivity contribution in [3.8, 4) is 5.75 Å². The van der Waals surface area contributed by atoms with Gasteiger partial charge in [0.05, 0.1) is 0 Å². The van der Waals surface area contributed by atoms with Crippen LogP contribution in [-0.2, 0) is 0 Å². The highest BCUT2D eigenvalue weighted by Crippen LogP contribution is 2.18. The summed E-state index contributed by atoms with van der Waals surface area (Å²) in [6.07, 6.45) is 0.628. The molecule has 0 saturated carbocycles. The molecule has 0 bridgehead atoms. The maximum absolute atomic E-state index is 5.72. The maximum Gasteiger partial charge on any atom is 0.148 e. The molecule has 3 heteroatoms. The third-order valence-corrected chi connectivity index (χ3v) is 2.42. The lowest BCUT2D eigenvalue weighted by Crippen LogP contribution is -2.31. The molecule has 2 N–H and O–H groups in total. The second-order valence-electron chi connectivity index (χ2n) is 3.74. The zero-order valence-corrected chi connectivity index (χ0v) is 10.2. The number of nitrogens with two attached hydrogens (primary N) is 1. The molecule has 1 aromatic carbocycles. The lowest BCUT2D eigenvalue weighted by molar-refractivity contribution is 0.263. The van der Waals surface area contributed by atoms with Crippen molar-refractivity contribution in [1.82, 2.24) is 0 Å². The normalized spacial score (nSPS) is 12.2. The Balaban J connectivity index is 2.83. The molecule has 0 aliphatic heterocycles. The first-order chi connectivity index (χ1) is 7.02. The monoisotopic (exact) mass is 223 g/mol. The highest BCUT2D eigenvalue weighted by molar-refractivity contribution is 7.80. The van der Waals surface area contributed by atoms with Gasteiger partial charge in [0, 0.05) is 0 Å². The van der Waals surface area contributed by atoms with E-state index in [2.05, 4.69) is 6.07 Å². The summed E-state index contributed by atoms with van der Waals surface area (Å²) in [6, 6.07) is 6.09. The van der Waals surface area contributed by atoms with E-state index in [9.17, 15) is 0 Å². The molecular weight excluding hydrogens is 206 g/mol. The molecule has 0 radical (unpaired) electrons. The van der Waals surface area contributed by atoms with Crippen LogP contribution >= 0.6 is 12.2 Å². The summed E-state index contributed by atoms with van der Waals surface area (Å²) >= 11 is 4.93. The van der Waals surface area contributed by atoms with Gasteiger partial charge in [0.25, 0.3) is 0 Å². The first kappa shape index (κ1) is 12.0. The van der Waals surface area contributed by atoms with Crippen molar-refractivity contribution in [3.05, 3.63) is 29.3 Å². The van der Waals surface area contributed by atoms with E-state index in [1.54, 1.807) is 0 Å². The lowest BCUT2D eigenvalue weighted by Gasteiger charge is -2.16. The standard InChI is InChI=1S/C12H17NOS/c1-4-11(12(13)15)14-10-6-8(2)5-9(3)7-10/h5-7,11H,4H2,1-3H3,(H2,13,15). The van der Waals surface area contributed by atoms with Crippen LogP contribution in [0.4, 0.5) is 0 Å². The minimum absolute atomic E-state index is 0.166. The highest BCUT2D eigenvalue weighted by atomic mass is 32.1. The van der Waals surface area contributed by atoms with E-state index < -0.39 is 0 Å². The van der Waals surface area contributed by atoms with Gasteiger partial charge in [-0.25, -0.2) is 0 Å². The number of rotatable bonds is 4. The van der Waals surface area contributed by atoms with E-state index in [0.717, 1.165) is 12.2 Å². The average Bonchev–Trinajstić information content (AvgIpc) is 2.12. The molecule has 0 aromatic heterocycles. The molecule has 0 saturated heterocycles. The topological polar surface area (TPSA) is 35.2 Å². The van der Waals surface area contributed by atoms with E-state index in [0.29, 0.717) is 4.99 Å². The summed E-state index contributed by atoms with van der Waals surface area (Å²) in [6.45, 7) is 6.09. The molecule has 1 atom stereocenters. The molecule has 1 rings (SSSR count).